The van der Waals surface area contributed by atoms with Gasteiger partial charge in [0.25, 0.3) is 0 Å². The predicted octanol–water partition coefficient (Wildman–Crippen LogP) is 2.20. The van der Waals surface area contributed by atoms with Crippen molar-refractivity contribution in [3.63, 3.8) is 0 Å². The lowest BCUT2D eigenvalue weighted by Crippen LogP contribution is -2.23. The van der Waals surface area contributed by atoms with Crippen molar-refractivity contribution in [1.29, 1.82) is 0 Å². The molecule has 0 spiro atoms. The van der Waals surface area contributed by atoms with Crippen molar-refractivity contribution in [2.45, 2.75) is 18.8 Å². The average molecular weight is 197 g/mol. The van der Waals surface area contributed by atoms with E-state index in [2.05, 4.69) is 0 Å². The van der Waals surface area contributed by atoms with Gasteiger partial charge in [0.05, 0.1) is 0 Å². The van der Waals surface area contributed by atoms with Crippen molar-refractivity contribution in [1.82, 2.24) is 0 Å². The van der Waals surface area contributed by atoms with Gasteiger partial charge in [0.2, 0.25) is 0 Å². The van der Waals surface area contributed by atoms with E-state index in [1.54, 1.807) is 0 Å². The minimum Gasteiger partial charge on any atom is -0.330 e. The number of rotatable bonds is 2. The molecular weight excluding hydrogens is 184 g/mol. The second-order valence-electron chi connectivity index (χ2n) is 4.09. The third-order valence-corrected chi connectivity index (χ3v) is 3.29. The molecule has 1 aliphatic carbocycles. The van der Waals surface area contributed by atoms with Gasteiger partial charge >= 0.3 is 0 Å². The summed E-state index contributed by atoms with van der Waals surface area (Å²) in [4.78, 5) is 0. The van der Waals surface area contributed by atoms with Crippen molar-refractivity contribution in [2.75, 3.05) is 6.54 Å². The smallest absolute Gasteiger partial charge is 0.129 e. The van der Waals surface area contributed by atoms with Gasteiger partial charge in [0, 0.05) is 18.0 Å². The summed E-state index contributed by atoms with van der Waals surface area (Å²) in [5, 5.41) is 0. The third-order valence-electron chi connectivity index (χ3n) is 3.29. The average Bonchev–Trinajstić information content (AvgIpc) is 2.78. The molecule has 0 amide bonds. The Kier molecular flexibility index (Phi) is 2.07. The van der Waals surface area contributed by atoms with Crippen molar-refractivity contribution >= 4 is 0 Å². The van der Waals surface area contributed by atoms with Crippen LogP contribution in [0.5, 0.6) is 0 Å². The number of hydrogen-bond acceptors (Lipinski definition) is 1. The Morgan fingerprint density at radius 2 is 2.14 bits per heavy atom. The highest BCUT2D eigenvalue weighted by Crippen LogP contribution is 2.53. The second kappa shape index (κ2) is 3.02. The maximum absolute atomic E-state index is 13.5. The van der Waals surface area contributed by atoms with Gasteiger partial charge in [-0.25, -0.2) is 8.78 Å². The summed E-state index contributed by atoms with van der Waals surface area (Å²) in [6, 6.07) is 3.74. The Morgan fingerprint density at radius 1 is 1.50 bits per heavy atom. The SMILES string of the molecule is C[C@H]1C[C@]1(CN)c1ccc(F)cc1F. The molecule has 0 bridgehead atoms. The molecule has 0 aliphatic heterocycles. The lowest BCUT2D eigenvalue weighted by atomic mass is 9.93. The number of benzene rings is 1. The zero-order chi connectivity index (χ0) is 10.3. The second-order valence-corrected chi connectivity index (χ2v) is 4.09. The maximum atomic E-state index is 13.5. The van der Waals surface area contributed by atoms with Gasteiger partial charge < -0.3 is 5.73 Å². The van der Waals surface area contributed by atoms with Gasteiger partial charge in [-0.1, -0.05) is 13.0 Å². The zero-order valence-electron chi connectivity index (χ0n) is 8.06. The van der Waals surface area contributed by atoms with Crippen LogP contribution in [0, 0.1) is 17.6 Å². The first-order valence-corrected chi connectivity index (χ1v) is 4.76. The molecule has 1 saturated carbocycles. The van der Waals surface area contributed by atoms with Crippen LogP contribution in [0.25, 0.3) is 0 Å². The van der Waals surface area contributed by atoms with E-state index in [1.165, 1.54) is 12.1 Å². The van der Waals surface area contributed by atoms with Crippen molar-refractivity contribution in [3.8, 4) is 0 Å². The van der Waals surface area contributed by atoms with Gasteiger partial charge in [0.1, 0.15) is 11.6 Å². The van der Waals surface area contributed by atoms with Crippen LogP contribution in [0.4, 0.5) is 8.78 Å². The summed E-state index contributed by atoms with van der Waals surface area (Å²) >= 11 is 0. The molecule has 0 aromatic heterocycles. The van der Waals surface area contributed by atoms with Crippen molar-refractivity contribution < 1.29 is 8.78 Å². The van der Waals surface area contributed by atoms with Crippen LogP contribution >= 0.6 is 0 Å². The van der Waals surface area contributed by atoms with Gasteiger partial charge in [-0.15, -0.1) is 0 Å². The van der Waals surface area contributed by atoms with Crippen LogP contribution in [-0.2, 0) is 5.41 Å². The Hall–Kier alpha value is -0.960. The summed E-state index contributed by atoms with van der Waals surface area (Å²) in [5.74, 6) is -0.612. The van der Waals surface area contributed by atoms with Crippen LogP contribution in [-0.4, -0.2) is 6.54 Å². The quantitative estimate of drug-likeness (QED) is 0.772. The molecule has 2 rings (SSSR count). The predicted molar refractivity (Wildman–Crippen MR) is 50.9 cm³/mol. The molecule has 0 radical (unpaired) electrons. The third kappa shape index (κ3) is 1.23. The molecule has 3 heteroatoms. The first-order chi connectivity index (χ1) is 6.60. The zero-order valence-corrected chi connectivity index (χ0v) is 8.06. The molecule has 14 heavy (non-hydrogen) atoms. The van der Waals surface area contributed by atoms with Gasteiger partial charge in [-0.2, -0.15) is 0 Å². The largest absolute Gasteiger partial charge is 0.330 e. The van der Waals surface area contributed by atoms with Crippen LogP contribution in [0.2, 0.25) is 0 Å². The standard InChI is InChI=1S/C11H13F2N/c1-7-5-11(7,6-14)9-3-2-8(12)4-10(9)13/h2-4,7H,5-6,14H2,1H3/t7-,11+/m0/s1. The number of nitrogens with two attached hydrogens (primary N) is 1. The van der Waals surface area contributed by atoms with E-state index in [4.69, 9.17) is 5.73 Å². The minimum atomic E-state index is -0.535. The van der Waals surface area contributed by atoms with Gasteiger partial charge in [-0.05, 0) is 24.0 Å². The molecule has 0 unspecified atom stereocenters. The lowest BCUT2D eigenvalue weighted by molar-refractivity contribution is 0.536. The molecule has 0 saturated heterocycles. The Labute approximate surface area is 81.9 Å². The van der Waals surface area contributed by atoms with E-state index in [9.17, 15) is 8.78 Å². The fourth-order valence-electron chi connectivity index (χ4n) is 2.15. The van der Waals surface area contributed by atoms with E-state index in [0.717, 1.165) is 12.5 Å². The molecule has 2 atom stereocenters. The molecule has 76 valence electrons. The molecule has 1 nitrogen and oxygen atoms in total. The molecule has 0 heterocycles. The van der Waals surface area contributed by atoms with Crippen molar-refractivity contribution in [3.05, 3.63) is 35.4 Å². The molecule has 1 aromatic rings. The van der Waals surface area contributed by atoms with Gasteiger partial charge in [-0.3, -0.25) is 0 Å². The molecular formula is C11H13F2N. The van der Waals surface area contributed by atoms with Crippen molar-refractivity contribution in [2.24, 2.45) is 11.7 Å². The van der Waals surface area contributed by atoms with Crippen LogP contribution in [0.3, 0.4) is 0 Å². The topological polar surface area (TPSA) is 26.0 Å². The molecule has 1 aliphatic rings. The highest BCUT2D eigenvalue weighted by atomic mass is 19.1. The Morgan fingerprint density at radius 3 is 2.57 bits per heavy atom. The Balaban J connectivity index is 2.42. The highest BCUT2D eigenvalue weighted by Gasteiger charge is 2.52. The fourth-order valence-corrected chi connectivity index (χ4v) is 2.15. The van der Waals surface area contributed by atoms with Crippen LogP contribution in [0.15, 0.2) is 18.2 Å². The van der Waals surface area contributed by atoms with Gasteiger partial charge in [0.15, 0.2) is 0 Å². The summed E-state index contributed by atoms with van der Waals surface area (Å²) in [6.07, 6.45) is 0.895. The normalized spacial score (nSPS) is 30.4. The highest BCUT2D eigenvalue weighted by molar-refractivity contribution is 5.35. The summed E-state index contributed by atoms with van der Waals surface area (Å²) in [7, 11) is 0. The first kappa shape index (κ1) is 9.59. The van der Waals surface area contributed by atoms with E-state index in [1.807, 2.05) is 6.92 Å². The minimum absolute atomic E-state index is 0.238. The van der Waals surface area contributed by atoms with E-state index >= 15 is 0 Å². The van der Waals surface area contributed by atoms with E-state index < -0.39 is 11.6 Å². The molecule has 1 fully saturated rings. The summed E-state index contributed by atoms with van der Waals surface area (Å²) < 4.78 is 26.1. The molecule has 2 N–H and O–H groups in total. The number of hydrogen-bond donors (Lipinski definition) is 1. The van der Waals surface area contributed by atoms with Crippen LogP contribution < -0.4 is 5.73 Å². The molecule has 1 aromatic carbocycles. The fraction of sp³-hybridized carbons (Fsp3) is 0.455. The summed E-state index contributed by atoms with van der Waals surface area (Å²) in [6.45, 7) is 2.46. The number of halogens is 2. The summed E-state index contributed by atoms with van der Waals surface area (Å²) in [5.41, 5.74) is 5.96. The lowest BCUT2D eigenvalue weighted by Gasteiger charge is -2.15. The van der Waals surface area contributed by atoms with E-state index in [-0.39, 0.29) is 5.41 Å². The van der Waals surface area contributed by atoms with Crippen LogP contribution in [0.1, 0.15) is 18.9 Å². The Bertz CT molecular complexity index is 360. The first-order valence-electron chi connectivity index (χ1n) is 4.76. The maximum Gasteiger partial charge on any atom is 0.129 e. The monoisotopic (exact) mass is 197 g/mol. The van der Waals surface area contributed by atoms with E-state index in [0.29, 0.717) is 18.0 Å².